The molecular weight excluding hydrogens is 264 g/mol. The zero-order chi connectivity index (χ0) is 15.6. The van der Waals surface area contributed by atoms with Gasteiger partial charge in [-0.05, 0) is 39.2 Å². The molecule has 2 aromatic rings. The van der Waals surface area contributed by atoms with E-state index in [0.29, 0.717) is 18.0 Å². The quantitative estimate of drug-likeness (QED) is 0.919. The van der Waals surface area contributed by atoms with Crippen molar-refractivity contribution in [3.63, 3.8) is 0 Å². The molecule has 0 aliphatic carbocycles. The van der Waals surface area contributed by atoms with E-state index in [1.807, 2.05) is 17.7 Å². The minimum absolute atomic E-state index is 0.0468. The summed E-state index contributed by atoms with van der Waals surface area (Å²) in [5.74, 6) is 0.530. The summed E-state index contributed by atoms with van der Waals surface area (Å²) in [5.41, 5.74) is 2.27. The molecule has 21 heavy (non-hydrogen) atoms. The number of nitrogens with zero attached hydrogens (tertiary/aromatic N) is 3. The lowest BCUT2D eigenvalue weighted by Gasteiger charge is -2.10. The summed E-state index contributed by atoms with van der Waals surface area (Å²) in [7, 11) is 0. The number of amides is 1. The fourth-order valence-corrected chi connectivity index (χ4v) is 2.28. The highest BCUT2D eigenvalue weighted by atomic mass is 16.1. The summed E-state index contributed by atoms with van der Waals surface area (Å²) < 4.78 is 1.85. The first kappa shape index (κ1) is 15.5. The number of hydrogen-bond acceptors (Lipinski definition) is 3. The number of fused-ring (bicyclic) bond motifs is 1. The van der Waals surface area contributed by atoms with Crippen molar-refractivity contribution in [3.05, 3.63) is 23.5 Å². The Kier molecular flexibility index (Phi) is 4.60. The molecular formula is C16H24N4O. The van der Waals surface area contributed by atoms with E-state index in [-0.39, 0.29) is 11.9 Å². The maximum atomic E-state index is 12.4. The first-order valence-corrected chi connectivity index (χ1v) is 7.53. The Bertz CT molecular complexity index is 643. The van der Waals surface area contributed by atoms with Crippen molar-refractivity contribution < 1.29 is 4.79 Å². The molecule has 114 valence electrons. The monoisotopic (exact) mass is 288 g/mol. The maximum Gasteiger partial charge on any atom is 0.252 e. The third kappa shape index (κ3) is 3.40. The van der Waals surface area contributed by atoms with Crippen molar-refractivity contribution in [1.29, 1.82) is 0 Å². The second-order valence-corrected chi connectivity index (χ2v) is 6.17. The lowest BCUT2D eigenvalue weighted by Crippen LogP contribution is -2.25. The molecule has 0 radical (unpaired) electrons. The normalized spacial score (nSPS) is 11.6. The predicted octanol–water partition coefficient (Wildman–Crippen LogP) is 3.10. The largest absolute Gasteiger partial charge is 0.352 e. The number of carbonyl (C=O) groups excluding carboxylic acids is 1. The standard InChI is InChI=1S/C16H24N4O/c1-10(2)6-7-17-16(21)13-8-12(5)19-15-14(13)9-18-20(15)11(3)4/h8-11H,6-7H2,1-5H3,(H,17,21). The van der Waals surface area contributed by atoms with Gasteiger partial charge in [-0.3, -0.25) is 4.79 Å². The number of hydrogen-bond donors (Lipinski definition) is 1. The van der Waals surface area contributed by atoms with Gasteiger partial charge in [0.05, 0.1) is 17.1 Å². The van der Waals surface area contributed by atoms with Gasteiger partial charge in [0.2, 0.25) is 0 Å². The average molecular weight is 288 g/mol. The van der Waals surface area contributed by atoms with E-state index in [1.165, 1.54) is 0 Å². The van der Waals surface area contributed by atoms with E-state index in [4.69, 9.17) is 0 Å². The molecule has 0 saturated carbocycles. The number of pyridine rings is 1. The molecule has 0 saturated heterocycles. The molecule has 1 N–H and O–H groups in total. The van der Waals surface area contributed by atoms with Crippen LogP contribution in [0.2, 0.25) is 0 Å². The van der Waals surface area contributed by atoms with Gasteiger partial charge < -0.3 is 5.32 Å². The van der Waals surface area contributed by atoms with E-state index in [9.17, 15) is 4.79 Å². The van der Waals surface area contributed by atoms with Crippen LogP contribution in [0, 0.1) is 12.8 Å². The highest BCUT2D eigenvalue weighted by molar-refractivity contribution is 6.05. The number of aryl methyl sites for hydroxylation is 1. The fraction of sp³-hybridized carbons (Fsp3) is 0.562. The van der Waals surface area contributed by atoms with Gasteiger partial charge in [0.1, 0.15) is 0 Å². The highest BCUT2D eigenvalue weighted by Crippen LogP contribution is 2.20. The van der Waals surface area contributed by atoms with Crippen LogP contribution in [-0.2, 0) is 0 Å². The molecule has 2 aromatic heterocycles. The second kappa shape index (κ2) is 6.24. The van der Waals surface area contributed by atoms with Gasteiger partial charge in [0.25, 0.3) is 5.91 Å². The van der Waals surface area contributed by atoms with Gasteiger partial charge in [0, 0.05) is 18.3 Å². The number of rotatable bonds is 5. The molecule has 1 amide bonds. The molecule has 5 nitrogen and oxygen atoms in total. The van der Waals surface area contributed by atoms with Crippen molar-refractivity contribution in [2.45, 2.75) is 47.1 Å². The SMILES string of the molecule is Cc1cc(C(=O)NCCC(C)C)c2cnn(C(C)C)c2n1. The summed E-state index contributed by atoms with van der Waals surface area (Å²) >= 11 is 0. The predicted molar refractivity (Wildman–Crippen MR) is 84.4 cm³/mol. The summed E-state index contributed by atoms with van der Waals surface area (Å²) in [5, 5.41) is 8.16. The minimum Gasteiger partial charge on any atom is -0.352 e. The molecule has 0 unspecified atom stereocenters. The molecule has 0 bridgehead atoms. The third-order valence-corrected chi connectivity index (χ3v) is 3.44. The van der Waals surface area contributed by atoms with Crippen LogP contribution in [0.1, 0.15) is 56.2 Å². The number of carbonyl (C=O) groups is 1. The van der Waals surface area contributed by atoms with E-state index in [2.05, 4.69) is 43.1 Å². The van der Waals surface area contributed by atoms with E-state index < -0.39 is 0 Å². The summed E-state index contributed by atoms with van der Waals surface area (Å²) in [6.45, 7) is 11.0. The van der Waals surface area contributed by atoms with Gasteiger partial charge in [0.15, 0.2) is 5.65 Å². The lowest BCUT2D eigenvalue weighted by molar-refractivity contribution is 0.0953. The van der Waals surface area contributed by atoms with Crippen LogP contribution in [0.5, 0.6) is 0 Å². The van der Waals surface area contributed by atoms with Gasteiger partial charge in [-0.25, -0.2) is 9.67 Å². The molecule has 0 aromatic carbocycles. The van der Waals surface area contributed by atoms with Crippen LogP contribution >= 0.6 is 0 Å². The van der Waals surface area contributed by atoms with Crippen LogP contribution < -0.4 is 5.32 Å². The van der Waals surface area contributed by atoms with Crippen molar-refractivity contribution in [2.75, 3.05) is 6.54 Å². The van der Waals surface area contributed by atoms with Gasteiger partial charge in [-0.15, -0.1) is 0 Å². The average Bonchev–Trinajstić information content (AvgIpc) is 2.80. The summed E-state index contributed by atoms with van der Waals surface area (Å²) in [6, 6.07) is 2.05. The molecule has 5 heteroatoms. The Morgan fingerprint density at radius 2 is 2.05 bits per heavy atom. The molecule has 2 heterocycles. The smallest absolute Gasteiger partial charge is 0.252 e. The molecule has 0 fully saturated rings. The summed E-state index contributed by atoms with van der Waals surface area (Å²) in [4.78, 5) is 16.9. The Hall–Kier alpha value is -1.91. The van der Waals surface area contributed by atoms with Crippen LogP contribution in [-0.4, -0.2) is 27.2 Å². The van der Waals surface area contributed by atoms with Gasteiger partial charge in [-0.1, -0.05) is 13.8 Å². The second-order valence-electron chi connectivity index (χ2n) is 6.17. The number of aromatic nitrogens is 3. The first-order chi connectivity index (χ1) is 9.90. The first-order valence-electron chi connectivity index (χ1n) is 7.53. The molecule has 2 rings (SSSR count). The lowest BCUT2D eigenvalue weighted by atomic mass is 10.1. The van der Waals surface area contributed by atoms with Crippen molar-refractivity contribution in [3.8, 4) is 0 Å². The van der Waals surface area contributed by atoms with Gasteiger partial charge in [-0.2, -0.15) is 5.10 Å². The molecule has 0 aliphatic heterocycles. The zero-order valence-corrected chi connectivity index (χ0v) is 13.5. The Labute approximate surface area is 125 Å². The van der Waals surface area contributed by atoms with Crippen LogP contribution in [0.3, 0.4) is 0 Å². The van der Waals surface area contributed by atoms with Crippen molar-refractivity contribution >= 4 is 16.9 Å². The molecule has 0 atom stereocenters. The Morgan fingerprint density at radius 3 is 2.67 bits per heavy atom. The van der Waals surface area contributed by atoms with E-state index in [0.717, 1.165) is 23.1 Å². The van der Waals surface area contributed by atoms with E-state index >= 15 is 0 Å². The maximum absolute atomic E-state index is 12.4. The molecule has 0 spiro atoms. The number of nitrogens with one attached hydrogen (secondary N) is 1. The topological polar surface area (TPSA) is 59.8 Å². The van der Waals surface area contributed by atoms with E-state index in [1.54, 1.807) is 6.20 Å². The summed E-state index contributed by atoms with van der Waals surface area (Å²) in [6.07, 6.45) is 2.71. The van der Waals surface area contributed by atoms with Crippen LogP contribution in [0.4, 0.5) is 0 Å². The van der Waals surface area contributed by atoms with Crippen molar-refractivity contribution in [2.24, 2.45) is 5.92 Å². The fourth-order valence-electron chi connectivity index (χ4n) is 2.28. The Morgan fingerprint density at radius 1 is 1.33 bits per heavy atom. The van der Waals surface area contributed by atoms with Gasteiger partial charge >= 0.3 is 0 Å². The van der Waals surface area contributed by atoms with Crippen molar-refractivity contribution in [1.82, 2.24) is 20.1 Å². The van der Waals surface area contributed by atoms with Crippen LogP contribution in [0.25, 0.3) is 11.0 Å². The zero-order valence-electron chi connectivity index (χ0n) is 13.5. The Balaban J connectivity index is 2.33. The minimum atomic E-state index is -0.0468. The third-order valence-electron chi connectivity index (χ3n) is 3.44. The molecule has 0 aliphatic rings. The highest BCUT2D eigenvalue weighted by Gasteiger charge is 2.16. The van der Waals surface area contributed by atoms with Crippen LogP contribution in [0.15, 0.2) is 12.3 Å².